The van der Waals surface area contributed by atoms with Crippen LogP contribution < -0.4 is 0 Å². The smallest absolute Gasteiger partial charge is 0.0280 e. The summed E-state index contributed by atoms with van der Waals surface area (Å²) in [7, 11) is 0. The lowest BCUT2D eigenvalue weighted by Gasteiger charge is -2.26. The van der Waals surface area contributed by atoms with Gasteiger partial charge < -0.3 is 0 Å². The highest BCUT2D eigenvalue weighted by Gasteiger charge is 2.40. The number of thiophene rings is 1. The van der Waals surface area contributed by atoms with Gasteiger partial charge in [0, 0.05) is 5.88 Å². The van der Waals surface area contributed by atoms with E-state index in [1.165, 1.54) is 31.2 Å². The second-order valence-electron chi connectivity index (χ2n) is 4.69. The Bertz CT molecular complexity index is 277. The van der Waals surface area contributed by atoms with Crippen molar-refractivity contribution in [1.29, 1.82) is 0 Å². The van der Waals surface area contributed by atoms with Crippen molar-refractivity contribution in [2.45, 2.75) is 32.6 Å². The second-order valence-corrected chi connectivity index (χ2v) is 5.74. The molecule has 1 unspecified atom stereocenters. The van der Waals surface area contributed by atoms with Crippen molar-refractivity contribution in [3.05, 3.63) is 22.4 Å². The van der Waals surface area contributed by atoms with Crippen LogP contribution in [0.2, 0.25) is 0 Å². The van der Waals surface area contributed by atoms with Crippen LogP contribution in [0, 0.1) is 11.3 Å². The van der Waals surface area contributed by atoms with Crippen molar-refractivity contribution in [2.75, 3.05) is 5.88 Å². The average Bonchev–Trinajstić information content (AvgIpc) is 2.94. The van der Waals surface area contributed by atoms with Crippen LogP contribution in [-0.2, 0) is 6.42 Å². The lowest BCUT2D eigenvalue weighted by atomic mass is 9.81. The van der Waals surface area contributed by atoms with Gasteiger partial charge in [0.1, 0.15) is 0 Å². The Kier molecular flexibility index (Phi) is 3.18. The third kappa shape index (κ3) is 2.32. The molecule has 2 heteroatoms. The number of hydrogen-bond donors (Lipinski definition) is 0. The molecule has 0 aliphatic heterocycles. The van der Waals surface area contributed by atoms with Gasteiger partial charge in [0.05, 0.1) is 0 Å². The summed E-state index contributed by atoms with van der Waals surface area (Å²) in [5, 5.41) is 4.41. The van der Waals surface area contributed by atoms with E-state index in [0.29, 0.717) is 5.41 Å². The Hall–Kier alpha value is -0.0100. The molecule has 0 amide bonds. The molecule has 1 aromatic rings. The van der Waals surface area contributed by atoms with Gasteiger partial charge in [-0.2, -0.15) is 11.3 Å². The minimum atomic E-state index is 0.392. The molecule has 1 aliphatic rings. The van der Waals surface area contributed by atoms with E-state index in [1.807, 2.05) is 0 Å². The molecule has 1 aliphatic carbocycles. The van der Waals surface area contributed by atoms with Crippen molar-refractivity contribution in [2.24, 2.45) is 11.3 Å². The predicted molar refractivity (Wildman–Crippen MR) is 64.2 cm³/mol. The number of alkyl halides is 1. The fourth-order valence-electron chi connectivity index (χ4n) is 2.03. The number of aryl methyl sites for hydroxylation is 1. The zero-order valence-corrected chi connectivity index (χ0v) is 10.2. The zero-order valence-electron chi connectivity index (χ0n) is 8.63. The Morgan fingerprint density at radius 2 is 2.36 bits per heavy atom. The largest absolute Gasteiger partial charge is 0.152 e. The molecular formula is C12H17ClS. The maximum atomic E-state index is 6.09. The Morgan fingerprint density at radius 3 is 2.86 bits per heavy atom. The lowest BCUT2D eigenvalue weighted by Crippen LogP contribution is -2.22. The SMILES string of the molecule is CC(CCl)(CCc1ccsc1)C1CC1. The molecule has 0 radical (unpaired) electrons. The summed E-state index contributed by atoms with van der Waals surface area (Å²) < 4.78 is 0. The maximum Gasteiger partial charge on any atom is 0.0280 e. The molecule has 0 spiro atoms. The van der Waals surface area contributed by atoms with E-state index >= 15 is 0 Å². The predicted octanol–water partition coefficient (Wildman–Crippen LogP) is 4.34. The second kappa shape index (κ2) is 4.24. The van der Waals surface area contributed by atoms with Gasteiger partial charge in [0.2, 0.25) is 0 Å². The van der Waals surface area contributed by atoms with Crippen LogP contribution in [0.5, 0.6) is 0 Å². The van der Waals surface area contributed by atoms with Crippen molar-refractivity contribution in [1.82, 2.24) is 0 Å². The molecule has 1 atom stereocenters. The van der Waals surface area contributed by atoms with Crippen LogP contribution >= 0.6 is 22.9 Å². The van der Waals surface area contributed by atoms with Crippen molar-refractivity contribution < 1.29 is 0 Å². The van der Waals surface area contributed by atoms with Crippen LogP contribution in [0.1, 0.15) is 31.7 Å². The van der Waals surface area contributed by atoms with Crippen LogP contribution in [0.4, 0.5) is 0 Å². The third-order valence-corrected chi connectivity index (χ3v) is 4.78. The summed E-state index contributed by atoms with van der Waals surface area (Å²) in [6.07, 6.45) is 5.24. The fraction of sp³-hybridized carbons (Fsp3) is 0.667. The standard InChI is InChI=1S/C12H17ClS/c1-12(9-13,11-2-3-11)6-4-10-5-7-14-8-10/h5,7-8,11H,2-4,6,9H2,1H3. The average molecular weight is 229 g/mol. The summed E-state index contributed by atoms with van der Waals surface area (Å²) in [6.45, 7) is 2.35. The molecule has 78 valence electrons. The van der Waals surface area contributed by atoms with E-state index in [-0.39, 0.29) is 0 Å². The molecule has 0 nitrogen and oxygen atoms in total. The third-order valence-electron chi connectivity index (χ3n) is 3.43. The van der Waals surface area contributed by atoms with E-state index in [4.69, 9.17) is 11.6 Å². The molecule has 0 bridgehead atoms. The Balaban J connectivity index is 1.89. The molecule has 0 saturated heterocycles. The first-order chi connectivity index (χ1) is 6.74. The molecule has 1 aromatic heterocycles. The highest BCUT2D eigenvalue weighted by molar-refractivity contribution is 7.07. The van der Waals surface area contributed by atoms with Gasteiger partial charge in [-0.05, 0) is 59.4 Å². The molecule has 0 aromatic carbocycles. The first kappa shape index (κ1) is 10.5. The molecule has 1 heterocycles. The van der Waals surface area contributed by atoms with E-state index in [1.54, 1.807) is 11.3 Å². The van der Waals surface area contributed by atoms with Crippen LogP contribution in [0.25, 0.3) is 0 Å². The van der Waals surface area contributed by atoms with Crippen LogP contribution in [-0.4, -0.2) is 5.88 Å². The summed E-state index contributed by atoms with van der Waals surface area (Å²) in [5.41, 5.74) is 1.87. The zero-order chi connectivity index (χ0) is 10.0. The minimum absolute atomic E-state index is 0.392. The summed E-state index contributed by atoms with van der Waals surface area (Å²) in [5.74, 6) is 1.72. The first-order valence-electron chi connectivity index (χ1n) is 5.32. The molecule has 0 N–H and O–H groups in total. The fourth-order valence-corrected chi connectivity index (χ4v) is 3.08. The first-order valence-corrected chi connectivity index (χ1v) is 6.79. The normalized spacial score (nSPS) is 20.7. The summed E-state index contributed by atoms with van der Waals surface area (Å²) >= 11 is 7.88. The van der Waals surface area contributed by atoms with Gasteiger partial charge in [0.15, 0.2) is 0 Å². The van der Waals surface area contributed by atoms with Crippen molar-refractivity contribution >= 4 is 22.9 Å². The highest BCUT2D eigenvalue weighted by atomic mass is 35.5. The van der Waals surface area contributed by atoms with E-state index in [0.717, 1.165) is 11.8 Å². The van der Waals surface area contributed by atoms with E-state index < -0.39 is 0 Å². The van der Waals surface area contributed by atoms with Gasteiger partial charge in [-0.1, -0.05) is 6.92 Å². The van der Waals surface area contributed by atoms with Crippen LogP contribution in [0.15, 0.2) is 16.8 Å². The Labute approximate surface area is 95.3 Å². The maximum absolute atomic E-state index is 6.09. The Morgan fingerprint density at radius 1 is 1.57 bits per heavy atom. The van der Waals surface area contributed by atoms with Gasteiger partial charge >= 0.3 is 0 Å². The van der Waals surface area contributed by atoms with Crippen molar-refractivity contribution in [3.63, 3.8) is 0 Å². The van der Waals surface area contributed by atoms with Gasteiger partial charge in [-0.25, -0.2) is 0 Å². The summed E-state index contributed by atoms with van der Waals surface area (Å²) in [4.78, 5) is 0. The number of hydrogen-bond acceptors (Lipinski definition) is 1. The van der Waals surface area contributed by atoms with Crippen LogP contribution in [0.3, 0.4) is 0 Å². The molecule has 1 saturated carbocycles. The number of halogens is 1. The molecule has 14 heavy (non-hydrogen) atoms. The van der Waals surface area contributed by atoms with Gasteiger partial charge in [-0.15, -0.1) is 11.6 Å². The van der Waals surface area contributed by atoms with Crippen molar-refractivity contribution in [3.8, 4) is 0 Å². The molecule has 2 rings (SSSR count). The monoisotopic (exact) mass is 228 g/mol. The lowest BCUT2D eigenvalue weighted by molar-refractivity contribution is 0.290. The van der Waals surface area contributed by atoms with E-state index in [2.05, 4.69) is 23.8 Å². The minimum Gasteiger partial charge on any atom is -0.152 e. The quantitative estimate of drug-likeness (QED) is 0.658. The topological polar surface area (TPSA) is 0 Å². The van der Waals surface area contributed by atoms with E-state index in [9.17, 15) is 0 Å². The molecular weight excluding hydrogens is 212 g/mol. The number of rotatable bonds is 5. The van der Waals surface area contributed by atoms with Gasteiger partial charge in [-0.3, -0.25) is 0 Å². The summed E-state index contributed by atoms with van der Waals surface area (Å²) in [6, 6.07) is 2.23. The highest BCUT2D eigenvalue weighted by Crippen LogP contribution is 2.48. The molecule has 1 fully saturated rings. The van der Waals surface area contributed by atoms with Gasteiger partial charge in [0.25, 0.3) is 0 Å².